The molecule has 0 heterocycles. The standard InChI is InChI=1S/C13H17BrN2O/c14-11-7-3-4-8-12(11)16-13(17)15-9-10-5-1-2-6-10/h3-4,7-8,10H,1-2,5-6,9H2,(H2,15,16,17). The molecule has 92 valence electrons. The molecule has 1 aliphatic carbocycles. The average molecular weight is 297 g/mol. The zero-order chi connectivity index (χ0) is 12.1. The summed E-state index contributed by atoms with van der Waals surface area (Å²) < 4.78 is 0.899. The van der Waals surface area contributed by atoms with Crippen molar-refractivity contribution in [3.8, 4) is 0 Å². The Hall–Kier alpha value is -1.03. The number of hydrogen-bond donors (Lipinski definition) is 2. The highest BCUT2D eigenvalue weighted by Crippen LogP contribution is 2.24. The molecule has 0 spiro atoms. The summed E-state index contributed by atoms with van der Waals surface area (Å²) in [5, 5.41) is 5.77. The molecule has 0 bridgehead atoms. The van der Waals surface area contributed by atoms with Gasteiger partial charge in [-0.3, -0.25) is 0 Å². The maximum Gasteiger partial charge on any atom is 0.319 e. The maximum atomic E-state index is 11.7. The first-order valence-corrected chi connectivity index (χ1v) is 6.84. The van der Waals surface area contributed by atoms with E-state index < -0.39 is 0 Å². The summed E-state index contributed by atoms with van der Waals surface area (Å²) in [5.41, 5.74) is 0.802. The van der Waals surface area contributed by atoms with Crippen LogP contribution in [-0.4, -0.2) is 12.6 Å². The molecule has 2 N–H and O–H groups in total. The number of para-hydroxylation sites is 1. The van der Waals surface area contributed by atoms with Crippen LogP contribution in [-0.2, 0) is 0 Å². The number of nitrogens with one attached hydrogen (secondary N) is 2. The lowest BCUT2D eigenvalue weighted by molar-refractivity contribution is 0.250. The number of anilines is 1. The van der Waals surface area contributed by atoms with Gasteiger partial charge in [-0.2, -0.15) is 0 Å². The Balaban J connectivity index is 1.79. The molecule has 4 heteroatoms. The zero-order valence-electron chi connectivity index (χ0n) is 9.71. The van der Waals surface area contributed by atoms with E-state index in [0.717, 1.165) is 16.7 Å². The first-order chi connectivity index (χ1) is 8.25. The number of carbonyl (C=O) groups is 1. The van der Waals surface area contributed by atoms with Gasteiger partial charge in [-0.15, -0.1) is 0 Å². The lowest BCUT2D eigenvalue weighted by atomic mass is 10.1. The number of hydrogen-bond acceptors (Lipinski definition) is 1. The molecule has 1 aliphatic rings. The van der Waals surface area contributed by atoms with Crippen LogP contribution >= 0.6 is 15.9 Å². The minimum Gasteiger partial charge on any atom is -0.338 e. The van der Waals surface area contributed by atoms with Crippen LogP contribution in [0.15, 0.2) is 28.7 Å². The second kappa shape index (κ2) is 6.05. The molecule has 1 aromatic rings. The fourth-order valence-corrected chi connectivity index (χ4v) is 2.56. The van der Waals surface area contributed by atoms with Gasteiger partial charge in [0.2, 0.25) is 0 Å². The summed E-state index contributed by atoms with van der Waals surface area (Å²) in [5.74, 6) is 0.667. The van der Waals surface area contributed by atoms with E-state index in [1.54, 1.807) is 0 Å². The molecular formula is C13H17BrN2O. The van der Waals surface area contributed by atoms with Gasteiger partial charge in [0.15, 0.2) is 0 Å². The van der Waals surface area contributed by atoms with Crippen molar-refractivity contribution in [3.05, 3.63) is 28.7 Å². The Labute approximate surface area is 110 Å². The molecular weight excluding hydrogens is 280 g/mol. The van der Waals surface area contributed by atoms with Crippen molar-refractivity contribution in [2.24, 2.45) is 5.92 Å². The quantitative estimate of drug-likeness (QED) is 0.876. The summed E-state index contributed by atoms with van der Waals surface area (Å²) in [7, 11) is 0. The number of rotatable bonds is 3. The van der Waals surface area contributed by atoms with Crippen molar-refractivity contribution in [3.63, 3.8) is 0 Å². The number of amides is 2. The molecule has 3 nitrogen and oxygen atoms in total. The van der Waals surface area contributed by atoms with Crippen LogP contribution in [0.3, 0.4) is 0 Å². The molecule has 2 rings (SSSR count). The Morgan fingerprint density at radius 3 is 2.71 bits per heavy atom. The van der Waals surface area contributed by atoms with Gasteiger partial charge in [0.1, 0.15) is 0 Å². The van der Waals surface area contributed by atoms with Crippen LogP contribution in [0, 0.1) is 5.92 Å². The van der Waals surface area contributed by atoms with Gasteiger partial charge in [0.05, 0.1) is 5.69 Å². The maximum absolute atomic E-state index is 11.7. The molecule has 2 amide bonds. The monoisotopic (exact) mass is 296 g/mol. The van der Waals surface area contributed by atoms with Crippen LogP contribution in [0.2, 0.25) is 0 Å². The first-order valence-electron chi connectivity index (χ1n) is 6.05. The fraction of sp³-hybridized carbons (Fsp3) is 0.462. The van der Waals surface area contributed by atoms with Crippen molar-refractivity contribution < 1.29 is 4.79 Å². The highest BCUT2D eigenvalue weighted by atomic mass is 79.9. The predicted molar refractivity (Wildman–Crippen MR) is 73.1 cm³/mol. The van der Waals surface area contributed by atoms with Crippen LogP contribution in [0.1, 0.15) is 25.7 Å². The van der Waals surface area contributed by atoms with Crippen LogP contribution in [0.25, 0.3) is 0 Å². The summed E-state index contributed by atoms with van der Waals surface area (Å²) >= 11 is 3.40. The summed E-state index contributed by atoms with van der Waals surface area (Å²) in [6.45, 7) is 0.788. The second-order valence-electron chi connectivity index (χ2n) is 4.47. The van der Waals surface area contributed by atoms with E-state index in [0.29, 0.717) is 5.92 Å². The number of benzene rings is 1. The molecule has 17 heavy (non-hydrogen) atoms. The Morgan fingerprint density at radius 1 is 1.29 bits per heavy atom. The molecule has 0 unspecified atom stereocenters. The number of urea groups is 1. The highest BCUT2D eigenvalue weighted by Gasteiger charge is 2.15. The van der Waals surface area contributed by atoms with Gasteiger partial charge in [-0.1, -0.05) is 25.0 Å². The van der Waals surface area contributed by atoms with Crippen molar-refractivity contribution in [1.82, 2.24) is 5.32 Å². The van der Waals surface area contributed by atoms with Gasteiger partial charge < -0.3 is 10.6 Å². The molecule has 1 aromatic carbocycles. The number of carbonyl (C=O) groups excluding carboxylic acids is 1. The topological polar surface area (TPSA) is 41.1 Å². The summed E-state index contributed by atoms with van der Waals surface area (Å²) in [6.07, 6.45) is 5.10. The Kier molecular flexibility index (Phi) is 4.42. The van der Waals surface area contributed by atoms with Gasteiger partial charge in [0.25, 0.3) is 0 Å². The van der Waals surface area contributed by atoms with E-state index in [2.05, 4.69) is 26.6 Å². The second-order valence-corrected chi connectivity index (χ2v) is 5.32. The third kappa shape index (κ3) is 3.73. The zero-order valence-corrected chi connectivity index (χ0v) is 11.3. The molecule has 0 atom stereocenters. The van der Waals surface area contributed by atoms with E-state index in [1.807, 2.05) is 24.3 Å². The van der Waals surface area contributed by atoms with Gasteiger partial charge in [-0.25, -0.2) is 4.79 Å². The van der Waals surface area contributed by atoms with Crippen LogP contribution in [0.5, 0.6) is 0 Å². The average Bonchev–Trinajstić information content (AvgIpc) is 2.82. The lowest BCUT2D eigenvalue weighted by Gasteiger charge is -2.12. The van der Waals surface area contributed by atoms with Crippen LogP contribution in [0.4, 0.5) is 10.5 Å². The molecule has 0 radical (unpaired) electrons. The van der Waals surface area contributed by atoms with Crippen molar-refractivity contribution >= 4 is 27.6 Å². The van der Waals surface area contributed by atoms with Crippen molar-refractivity contribution in [2.45, 2.75) is 25.7 Å². The Bertz CT molecular complexity index is 389. The number of halogens is 1. The highest BCUT2D eigenvalue weighted by molar-refractivity contribution is 9.10. The van der Waals surface area contributed by atoms with E-state index in [1.165, 1.54) is 25.7 Å². The van der Waals surface area contributed by atoms with E-state index in [-0.39, 0.29) is 6.03 Å². The minimum atomic E-state index is -0.121. The van der Waals surface area contributed by atoms with E-state index >= 15 is 0 Å². The predicted octanol–water partition coefficient (Wildman–Crippen LogP) is 3.76. The van der Waals surface area contributed by atoms with E-state index in [4.69, 9.17) is 0 Å². The molecule has 1 fully saturated rings. The summed E-state index contributed by atoms with van der Waals surface area (Å²) in [6, 6.07) is 7.48. The first kappa shape index (κ1) is 12.4. The third-order valence-corrected chi connectivity index (χ3v) is 3.84. The van der Waals surface area contributed by atoms with E-state index in [9.17, 15) is 4.79 Å². The lowest BCUT2D eigenvalue weighted by Crippen LogP contribution is -2.32. The van der Waals surface area contributed by atoms with Gasteiger partial charge >= 0.3 is 6.03 Å². The summed E-state index contributed by atoms with van der Waals surface area (Å²) in [4.78, 5) is 11.7. The fourth-order valence-electron chi connectivity index (χ4n) is 2.18. The molecule has 0 aromatic heterocycles. The van der Waals surface area contributed by atoms with Gasteiger partial charge in [-0.05, 0) is 46.8 Å². The SMILES string of the molecule is O=C(NCC1CCCC1)Nc1ccccc1Br. The molecule has 0 saturated heterocycles. The molecule has 0 aliphatic heterocycles. The van der Waals surface area contributed by atoms with Crippen molar-refractivity contribution in [2.75, 3.05) is 11.9 Å². The minimum absolute atomic E-state index is 0.121. The third-order valence-electron chi connectivity index (χ3n) is 3.15. The Morgan fingerprint density at radius 2 is 2.00 bits per heavy atom. The van der Waals surface area contributed by atoms with Gasteiger partial charge in [0, 0.05) is 11.0 Å². The molecule has 1 saturated carbocycles. The van der Waals surface area contributed by atoms with Crippen molar-refractivity contribution in [1.29, 1.82) is 0 Å². The van der Waals surface area contributed by atoms with Crippen LogP contribution < -0.4 is 10.6 Å². The normalized spacial score (nSPS) is 15.8. The largest absolute Gasteiger partial charge is 0.338 e. The smallest absolute Gasteiger partial charge is 0.319 e.